The second kappa shape index (κ2) is 10.8. The Morgan fingerprint density at radius 3 is 2.31 bits per heavy atom. The third-order valence-corrected chi connectivity index (χ3v) is 7.41. The molecule has 8 heteroatoms. The molecule has 39 heavy (non-hydrogen) atoms. The first-order valence-electron chi connectivity index (χ1n) is 12.8. The summed E-state index contributed by atoms with van der Waals surface area (Å²) in [5, 5.41) is 13.9. The second-order valence-corrected chi connectivity index (χ2v) is 10.0. The lowest BCUT2D eigenvalue weighted by atomic mass is 10.0. The molecule has 1 aliphatic heterocycles. The summed E-state index contributed by atoms with van der Waals surface area (Å²) >= 11 is 6.43. The summed E-state index contributed by atoms with van der Waals surface area (Å²) in [6.45, 7) is 6.81. The molecule has 0 atom stereocenters. The highest BCUT2D eigenvalue weighted by atomic mass is 35.5. The number of benzene rings is 3. The molecule has 2 heterocycles. The van der Waals surface area contributed by atoms with Gasteiger partial charge in [0.1, 0.15) is 11.8 Å². The monoisotopic (exact) mass is 538 g/mol. The fourth-order valence-electron chi connectivity index (χ4n) is 5.08. The van der Waals surface area contributed by atoms with Crippen molar-refractivity contribution in [1.82, 2.24) is 10.1 Å². The molecule has 0 spiro atoms. The average molecular weight is 539 g/mol. The summed E-state index contributed by atoms with van der Waals surface area (Å²) in [6, 6.07) is 20.7. The lowest BCUT2D eigenvalue weighted by Gasteiger charge is -2.28. The first kappa shape index (κ1) is 26.2. The smallest absolute Gasteiger partial charge is 0.261 e. The van der Waals surface area contributed by atoms with Crippen LogP contribution in [0.15, 0.2) is 65.2 Å². The Labute approximate surface area is 232 Å². The molecule has 1 aliphatic rings. The molecule has 0 aliphatic carbocycles. The molecule has 196 valence electrons. The van der Waals surface area contributed by atoms with E-state index in [1.54, 1.807) is 36.4 Å². The molecule has 0 saturated carbocycles. The zero-order chi connectivity index (χ0) is 27.7. The summed E-state index contributed by atoms with van der Waals surface area (Å²) in [5.74, 6) is 0.264. The minimum atomic E-state index is -0.241. The Bertz CT molecular complexity index is 1580. The van der Waals surface area contributed by atoms with Gasteiger partial charge in [-0.05, 0) is 81.1 Å². The van der Waals surface area contributed by atoms with Crippen molar-refractivity contribution in [1.29, 1.82) is 5.26 Å². The van der Waals surface area contributed by atoms with Gasteiger partial charge in [-0.1, -0.05) is 41.0 Å². The van der Waals surface area contributed by atoms with Gasteiger partial charge in [0.05, 0.1) is 27.4 Å². The topological polar surface area (TPSA) is 90.4 Å². The van der Waals surface area contributed by atoms with Crippen LogP contribution in [0.25, 0.3) is 11.1 Å². The van der Waals surface area contributed by atoms with E-state index in [1.165, 1.54) is 4.90 Å². The Morgan fingerprint density at radius 2 is 1.69 bits per heavy atom. The summed E-state index contributed by atoms with van der Waals surface area (Å²) < 4.78 is 5.40. The number of nitrogens with zero attached hydrogens (tertiary/aromatic N) is 4. The third-order valence-electron chi connectivity index (χ3n) is 7.10. The number of aryl methyl sites for hydroxylation is 3. The number of hydrogen-bond donors (Lipinski definition) is 0. The van der Waals surface area contributed by atoms with Crippen LogP contribution in [0.5, 0.6) is 0 Å². The van der Waals surface area contributed by atoms with Gasteiger partial charge >= 0.3 is 0 Å². The maximum Gasteiger partial charge on any atom is 0.261 e. The van der Waals surface area contributed by atoms with E-state index >= 15 is 0 Å². The van der Waals surface area contributed by atoms with E-state index in [1.807, 2.05) is 26.8 Å². The number of carbonyl (C=O) groups is 2. The number of carbonyl (C=O) groups excluding carboxylic acids is 2. The summed E-state index contributed by atoms with van der Waals surface area (Å²) in [4.78, 5) is 29.0. The SMILES string of the molecule is Cc1ccc(-c2c(C)noc2C)cc1N(CCCCN1C(=O)c2ccccc2C1=O)c1ccc(C#N)c(Cl)c1. The van der Waals surface area contributed by atoms with Crippen molar-refractivity contribution in [3.05, 3.63) is 99.4 Å². The van der Waals surface area contributed by atoms with Crippen LogP contribution < -0.4 is 4.90 Å². The quantitative estimate of drug-likeness (QED) is 0.177. The molecule has 1 aromatic heterocycles. The Morgan fingerprint density at radius 1 is 0.974 bits per heavy atom. The fourth-order valence-corrected chi connectivity index (χ4v) is 5.30. The Balaban J connectivity index is 1.41. The maximum atomic E-state index is 12.8. The fraction of sp³-hybridized carbons (Fsp3) is 0.226. The van der Waals surface area contributed by atoms with Crippen molar-refractivity contribution in [2.24, 2.45) is 0 Å². The van der Waals surface area contributed by atoms with Crippen molar-refractivity contribution >= 4 is 34.8 Å². The molecule has 0 unspecified atom stereocenters. The van der Waals surface area contributed by atoms with Gasteiger partial charge in [0.25, 0.3) is 11.8 Å². The highest BCUT2D eigenvalue weighted by Gasteiger charge is 2.34. The number of amides is 2. The minimum absolute atomic E-state index is 0.241. The predicted molar refractivity (Wildman–Crippen MR) is 150 cm³/mol. The number of hydrogen-bond acceptors (Lipinski definition) is 6. The molecular weight excluding hydrogens is 512 g/mol. The zero-order valence-corrected chi connectivity index (χ0v) is 22.7. The Kier molecular flexibility index (Phi) is 7.23. The summed E-state index contributed by atoms with van der Waals surface area (Å²) in [7, 11) is 0. The van der Waals surface area contributed by atoms with Gasteiger partial charge < -0.3 is 9.42 Å². The zero-order valence-electron chi connectivity index (χ0n) is 22.0. The van der Waals surface area contributed by atoms with E-state index in [0.29, 0.717) is 47.6 Å². The normalized spacial score (nSPS) is 12.5. The number of unbranched alkanes of at least 4 members (excludes halogenated alkanes) is 1. The number of nitriles is 1. The van der Waals surface area contributed by atoms with Crippen LogP contribution in [0.1, 0.15) is 56.1 Å². The van der Waals surface area contributed by atoms with Crippen LogP contribution in [0.4, 0.5) is 11.4 Å². The molecule has 4 aromatic rings. The van der Waals surface area contributed by atoms with Gasteiger partial charge in [-0.25, -0.2) is 0 Å². The van der Waals surface area contributed by atoms with Crippen molar-refractivity contribution in [3.8, 4) is 17.2 Å². The molecule has 3 aromatic carbocycles. The van der Waals surface area contributed by atoms with Gasteiger partial charge in [-0.3, -0.25) is 14.5 Å². The number of aromatic nitrogens is 1. The van der Waals surface area contributed by atoms with E-state index in [9.17, 15) is 14.9 Å². The molecule has 5 rings (SSSR count). The number of fused-ring (bicyclic) bond motifs is 1. The molecule has 0 saturated heterocycles. The van der Waals surface area contributed by atoms with Crippen molar-refractivity contribution in [2.45, 2.75) is 33.6 Å². The molecule has 0 N–H and O–H groups in total. The highest BCUT2D eigenvalue weighted by molar-refractivity contribution is 6.32. The van der Waals surface area contributed by atoms with E-state index in [0.717, 1.165) is 39.5 Å². The number of anilines is 2. The van der Waals surface area contributed by atoms with Crippen LogP contribution in [0.3, 0.4) is 0 Å². The standard InChI is InChI=1S/C31H27ClN4O3/c1-19-10-11-22(29-20(2)34-39-21(29)3)16-28(19)35(24-13-12-23(18-33)27(32)17-24)14-6-7-15-36-30(37)25-8-4-5-9-26(25)31(36)38/h4-5,8-13,16-17H,6-7,14-15H2,1-3H3. The first-order chi connectivity index (χ1) is 18.8. The molecule has 0 bridgehead atoms. The number of halogens is 1. The van der Waals surface area contributed by atoms with E-state index in [-0.39, 0.29) is 11.8 Å². The van der Waals surface area contributed by atoms with E-state index < -0.39 is 0 Å². The third kappa shape index (κ3) is 4.91. The minimum Gasteiger partial charge on any atom is -0.361 e. The van der Waals surface area contributed by atoms with Crippen LogP contribution in [0.2, 0.25) is 5.02 Å². The summed E-state index contributed by atoms with van der Waals surface area (Å²) in [5.41, 5.74) is 6.98. The second-order valence-electron chi connectivity index (χ2n) is 9.64. The van der Waals surface area contributed by atoms with E-state index in [2.05, 4.69) is 34.3 Å². The molecule has 0 radical (unpaired) electrons. The van der Waals surface area contributed by atoms with Crippen LogP contribution >= 0.6 is 11.6 Å². The molecule has 2 amide bonds. The van der Waals surface area contributed by atoms with Gasteiger partial charge in [-0.15, -0.1) is 0 Å². The number of rotatable bonds is 8. The first-order valence-corrected chi connectivity index (χ1v) is 13.1. The largest absolute Gasteiger partial charge is 0.361 e. The van der Waals surface area contributed by atoms with Gasteiger partial charge in [0.2, 0.25) is 0 Å². The lowest BCUT2D eigenvalue weighted by Crippen LogP contribution is -2.31. The predicted octanol–water partition coefficient (Wildman–Crippen LogP) is 7.01. The molecule has 7 nitrogen and oxygen atoms in total. The average Bonchev–Trinajstić information content (AvgIpc) is 3.39. The highest BCUT2D eigenvalue weighted by Crippen LogP contribution is 2.36. The molecule has 0 fully saturated rings. The van der Waals surface area contributed by atoms with Crippen LogP contribution in [-0.2, 0) is 0 Å². The van der Waals surface area contributed by atoms with Crippen LogP contribution in [-0.4, -0.2) is 35.0 Å². The van der Waals surface area contributed by atoms with Crippen molar-refractivity contribution < 1.29 is 14.1 Å². The van der Waals surface area contributed by atoms with Crippen molar-refractivity contribution in [3.63, 3.8) is 0 Å². The summed E-state index contributed by atoms with van der Waals surface area (Å²) in [6.07, 6.45) is 1.34. The molecular formula is C31H27ClN4O3. The maximum absolute atomic E-state index is 12.8. The van der Waals surface area contributed by atoms with E-state index in [4.69, 9.17) is 16.1 Å². The van der Waals surface area contributed by atoms with Gasteiger partial charge in [0, 0.05) is 30.0 Å². The number of imide groups is 1. The van der Waals surface area contributed by atoms with Gasteiger partial charge in [0.15, 0.2) is 0 Å². The lowest BCUT2D eigenvalue weighted by molar-refractivity contribution is 0.0652. The van der Waals surface area contributed by atoms with Crippen molar-refractivity contribution in [2.75, 3.05) is 18.0 Å². The van der Waals surface area contributed by atoms with Gasteiger partial charge in [-0.2, -0.15) is 5.26 Å². The Hall–Kier alpha value is -4.41. The van der Waals surface area contributed by atoms with Crippen LogP contribution in [0, 0.1) is 32.1 Å².